The summed E-state index contributed by atoms with van der Waals surface area (Å²) < 4.78 is 0. The molecule has 5 atom stereocenters. The summed E-state index contributed by atoms with van der Waals surface area (Å²) in [4.78, 5) is 9.78. The fourth-order valence-corrected chi connectivity index (χ4v) is 12.7. The van der Waals surface area contributed by atoms with Crippen LogP contribution in [0.4, 0.5) is 0 Å². The van der Waals surface area contributed by atoms with Crippen molar-refractivity contribution < 1.29 is 30.6 Å². The molecule has 0 aromatic heterocycles. The summed E-state index contributed by atoms with van der Waals surface area (Å²) in [7, 11) is 0. The zero-order chi connectivity index (χ0) is 39.4. The maximum Gasteiger partial charge on any atom is 0.169 e. The Bertz CT molecular complexity index is 2260. The van der Waals surface area contributed by atoms with E-state index in [1.807, 2.05) is 0 Å². The average molecular weight is 770 g/mol. The van der Waals surface area contributed by atoms with Gasteiger partial charge in [-0.3, -0.25) is 9.98 Å². The molecule has 1 heterocycles. The lowest BCUT2D eigenvalue weighted by Gasteiger charge is -2.66. The van der Waals surface area contributed by atoms with Gasteiger partial charge in [0, 0.05) is 36.2 Å². The number of aliphatic imine (C=N–C) groups is 2. The molecule has 57 heavy (non-hydrogen) atoms. The van der Waals surface area contributed by atoms with Gasteiger partial charge in [-0.1, -0.05) is 73.9 Å². The molecule has 4 fully saturated rings. The Morgan fingerprint density at radius 3 is 2.32 bits per heavy atom. The Morgan fingerprint density at radius 1 is 0.737 bits per heavy atom. The molecule has 0 unspecified atom stereocenters. The predicted octanol–water partition coefficient (Wildman–Crippen LogP) is 8.79. The normalized spacial score (nSPS) is 27.7. The molecule has 1 aliphatic heterocycles. The highest BCUT2D eigenvalue weighted by Crippen LogP contribution is 2.73. The van der Waals surface area contributed by atoms with Crippen molar-refractivity contribution in [2.24, 2.45) is 38.1 Å². The number of phenols is 5. The second-order valence-electron chi connectivity index (χ2n) is 17.7. The minimum absolute atomic E-state index is 0.127. The topological polar surface area (TPSA) is 158 Å². The van der Waals surface area contributed by atoms with Crippen LogP contribution in [-0.4, -0.2) is 61.9 Å². The first-order chi connectivity index (χ1) is 27.7. The fraction of sp³-hybridized carbons (Fsp3) is 0.458. The Labute approximate surface area is 334 Å². The van der Waals surface area contributed by atoms with Gasteiger partial charge in [0.15, 0.2) is 23.0 Å². The summed E-state index contributed by atoms with van der Waals surface area (Å²) >= 11 is 0. The molecular weight excluding hydrogens is 715 g/mol. The van der Waals surface area contributed by atoms with Crippen LogP contribution >= 0.6 is 0 Å². The van der Waals surface area contributed by atoms with Gasteiger partial charge in [0.05, 0.1) is 17.2 Å². The number of hydrogen-bond acceptors (Lipinski definition) is 9. The smallest absolute Gasteiger partial charge is 0.169 e. The largest absolute Gasteiger partial charge is 0.507 e. The monoisotopic (exact) mass is 769 g/mol. The van der Waals surface area contributed by atoms with Gasteiger partial charge in [-0.15, -0.1) is 0 Å². The molecule has 0 bridgehead atoms. The highest BCUT2D eigenvalue weighted by Gasteiger charge is 2.70. The van der Waals surface area contributed by atoms with E-state index >= 15 is 0 Å². The van der Waals surface area contributed by atoms with Crippen LogP contribution in [0.2, 0.25) is 0 Å². The number of aromatic hydroxyl groups is 5. The van der Waals surface area contributed by atoms with Crippen molar-refractivity contribution in [3.05, 3.63) is 88.5 Å². The van der Waals surface area contributed by atoms with Crippen molar-refractivity contribution >= 4 is 34.9 Å². The minimum atomic E-state index is -0.362. The summed E-state index contributed by atoms with van der Waals surface area (Å²) in [6, 6.07) is 18.1. The number of aliphatic hydroxyl groups is 1. The van der Waals surface area contributed by atoms with Gasteiger partial charge in [-0.05, 0) is 127 Å². The highest BCUT2D eigenvalue weighted by molar-refractivity contribution is 6.34. The molecule has 4 aromatic carbocycles. The fourth-order valence-electron chi connectivity index (χ4n) is 12.7. The standard InChI is InChI=1S/C48H55N3O6/c52-37-18-14-31(25-40(37)55)13-16-34-35-6-3-7-38(53)42(35)44(57)43(56)36(34)17-12-30-8-10-32(11-9-30)26-49-28-48(41-27-50-29-51-41)45-39(54)19-15-33-5-4-22-47(33,45)24-23-46(48)20-1-2-21-46/h3,6-11,13-14,16,18,25,27,33,39,45,49,52-57H,1-2,4-5,12,15,17,19-24,26,28-29H2/b16-13+/t33-,39+,45-,47+,48+/m1/s1. The highest BCUT2D eigenvalue weighted by atomic mass is 16.3. The molecule has 0 saturated heterocycles. The number of nitrogens with zero attached hydrogens (tertiary/aromatic N) is 2. The van der Waals surface area contributed by atoms with Crippen molar-refractivity contribution in [3.63, 3.8) is 0 Å². The number of fused-ring (bicyclic) bond motifs is 1. The average Bonchev–Trinajstić information content (AvgIpc) is 4.01. The van der Waals surface area contributed by atoms with Crippen LogP contribution in [-0.2, 0) is 19.4 Å². The molecule has 4 aromatic rings. The number of rotatable bonds is 10. The van der Waals surface area contributed by atoms with E-state index < -0.39 is 0 Å². The minimum Gasteiger partial charge on any atom is -0.507 e. The van der Waals surface area contributed by atoms with Crippen molar-refractivity contribution in [1.29, 1.82) is 0 Å². The summed E-state index contributed by atoms with van der Waals surface area (Å²) in [5, 5.41) is 69.6. The van der Waals surface area contributed by atoms with Crippen molar-refractivity contribution in [2.75, 3.05) is 13.2 Å². The van der Waals surface area contributed by atoms with E-state index in [2.05, 4.69) is 40.8 Å². The van der Waals surface area contributed by atoms with Crippen LogP contribution in [0.15, 0.2) is 70.6 Å². The van der Waals surface area contributed by atoms with Gasteiger partial charge in [0.1, 0.15) is 12.4 Å². The van der Waals surface area contributed by atoms with Crippen molar-refractivity contribution in [3.8, 4) is 28.7 Å². The van der Waals surface area contributed by atoms with E-state index in [1.165, 1.54) is 81.5 Å². The Hall–Kier alpha value is -4.86. The third-order valence-corrected chi connectivity index (χ3v) is 15.2. The summed E-state index contributed by atoms with van der Waals surface area (Å²) in [5.74, 6) is -0.342. The molecule has 4 saturated carbocycles. The first-order valence-corrected chi connectivity index (χ1v) is 21.1. The first kappa shape index (κ1) is 37.7. The van der Waals surface area contributed by atoms with Crippen molar-refractivity contribution in [2.45, 2.75) is 96.1 Å². The molecule has 9 rings (SSSR count). The third kappa shape index (κ3) is 6.20. The molecule has 9 heteroatoms. The van der Waals surface area contributed by atoms with Crippen LogP contribution in [0, 0.1) is 28.1 Å². The summed E-state index contributed by atoms with van der Waals surface area (Å²) in [6.07, 6.45) is 19.5. The Balaban J connectivity index is 0.960. The Kier molecular flexibility index (Phi) is 9.80. The van der Waals surface area contributed by atoms with Gasteiger partial charge < -0.3 is 36.0 Å². The number of benzene rings is 4. The van der Waals surface area contributed by atoms with E-state index in [9.17, 15) is 30.6 Å². The van der Waals surface area contributed by atoms with Crippen molar-refractivity contribution in [1.82, 2.24) is 5.32 Å². The zero-order valence-corrected chi connectivity index (χ0v) is 32.6. The van der Waals surface area contributed by atoms with E-state index in [1.54, 1.807) is 30.4 Å². The lowest BCUT2D eigenvalue weighted by atomic mass is 9.38. The molecule has 4 aliphatic carbocycles. The molecule has 7 N–H and O–H groups in total. The molecule has 2 spiro atoms. The van der Waals surface area contributed by atoms with Crippen LogP contribution in [0.1, 0.15) is 98.4 Å². The third-order valence-electron chi connectivity index (χ3n) is 15.2. The SMILES string of the molecule is Oc1ccc(/C=C/c2c(CCc3ccc(CNC[C@]4(C5=NCN=C5)[C@@H]5[C@@H](O)CC[C@H]6CCC[C@]65CCC45CCCC5)cc3)c(O)c(O)c3c(O)cccc23)cc1O. The second-order valence-corrected chi connectivity index (χ2v) is 17.7. The van der Waals surface area contributed by atoms with Gasteiger partial charge in [0.2, 0.25) is 0 Å². The second kappa shape index (κ2) is 14.8. The number of phenolic OH excluding ortho intramolecular Hbond substituents is 5. The molecule has 5 aliphatic rings. The lowest BCUT2D eigenvalue weighted by Crippen LogP contribution is -2.68. The maximum atomic E-state index is 12.1. The van der Waals surface area contributed by atoms with Gasteiger partial charge in [-0.2, -0.15) is 0 Å². The predicted molar refractivity (Wildman–Crippen MR) is 225 cm³/mol. The van der Waals surface area contributed by atoms with Gasteiger partial charge in [0.25, 0.3) is 0 Å². The van der Waals surface area contributed by atoms with E-state index in [0.29, 0.717) is 54.0 Å². The molecule has 0 amide bonds. The van der Waals surface area contributed by atoms with Gasteiger partial charge in [-0.25, -0.2) is 0 Å². The van der Waals surface area contributed by atoms with Crippen LogP contribution < -0.4 is 5.32 Å². The van der Waals surface area contributed by atoms with E-state index in [-0.39, 0.29) is 62.4 Å². The maximum absolute atomic E-state index is 12.1. The molecule has 0 radical (unpaired) electrons. The van der Waals surface area contributed by atoms with E-state index in [0.717, 1.165) is 30.7 Å². The van der Waals surface area contributed by atoms with Crippen LogP contribution in [0.3, 0.4) is 0 Å². The quantitative estimate of drug-likeness (QED) is 0.0628. The molecule has 9 nitrogen and oxygen atoms in total. The summed E-state index contributed by atoms with van der Waals surface area (Å²) in [6.45, 7) is 1.98. The summed E-state index contributed by atoms with van der Waals surface area (Å²) in [5.41, 5.74) is 5.28. The first-order valence-electron chi connectivity index (χ1n) is 21.1. The van der Waals surface area contributed by atoms with Gasteiger partial charge >= 0.3 is 0 Å². The lowest BCUT2D eigenvalue weighted by molar-refractivity contribution is -0.175. The van der Waals surface area contributed by atoms with Crippen LogP contribution in [0.25, 0.3) is 22.9 Å². The number of hydrogen-bond donors (Lipinski definition) is 7. The van der Waals surface area contributed by atoms with Crippen LogP contribution in [0.5, 0.6) is 28.7 Å². The number of nitrogens with one attached hydrogen (secondary N) is 1. The molecular formula is C48H55N3O6. The Morgan fingerprint density at radius 2 is 1.54 bits per heavy atom. The zero-order valence-electron chi connectivity index (χ0n) is 32.6. The number of aryl methyl sites for hydroxylation is 1. The molecule has 298 valence electrons. The number of aliphatic hydroxyl groups excluding tert-OH is 1. The van der Waals surface area contributed by atoms with E-state index in [4.69, 9.17) is 4.99 Å².